The molecule has 10 heteroatoms. The van der Waals surface area contributed by atoms with E-state index in [0.29, 0.717) is 21.4 Å². The molecule has 0 aliphatic carbocycles. The van der Waals surface area contributed by atoms with Gasteiger partial charge in [-0.05, 0) is 49.8 Å². The van der Waals surface area contributed by atoms with Gasteiger partial charge in [0, 0.05) is 22.4 Å². The molecule has 3 heterocycles. The van der Waals surface area contributed by atoms with Crippen LogP contribution in [0, 0.1) is 11.7 Å². The molecule has 7 nitrogen and oxygen atoms in total. The van der Waals surface area contributed by atoms with Crippen LogP contribution < -0.4 is 0 Å². The minimum atomic E-state index is -0.101. The largest absolute Gasteiger partial charge is 0.267 e. The number of benzene rings is 1. The lowest BCUT2D eigenvalue weighted by molar-refractivity contribution is 0.524. The molecule has 0 spiro atoms. The monoisotopic (exact) mass is 433 g/mol. The van der Waals surface area contributed by atoms with E-state index < -0.39 is 0 Å². The fourth-order valence-electron chi connectivity index (χ4n) is 2.98. The summed E-state index contributed by atoms with van der Waals surface area (Å²) in [7, 11) is 0. The normalized spacial score (nSPS) is 12.4. The summed E-state index contributed by atoms with van der Waals surface area (Å²) < 4.78 is 6.01. The molecular weight excluding hydrogens is 417 g/mol. The third kappa shape index (κ3) is 3.63. The summed E-state index contributed by atoms with van der Waals surface area (Å²) in [6, 6.07) is 7.28. The Labute approximate surface area is 176 Å². The van der Waals surface area contributed by atoms with Crippen molar-refractivity contribution >= 4 is 35.4 Å². The van der Waals surface area contributed by atoms with Crippen molar-refractivity contribution in [2.24, 2.45) is 0 Å². The summed E-state index contributed by atoms with van der Waals surface area (Å²) in [4.78, 5) is 0. The van der Waals surface area contributed by atoms with E-state index in [9.17, 15) is 0 Å². The molecule has 0 radical (unpaired) electrons. The van der Waals surface area contributed by atoms with Crippen LogP contribution >= 0.6 is 35.4 Å². The first-order valence-corrected chi connectivity index (χ1v) is 9.74. The van der Waals surface area contributed by atoms with Crippen LogP contribution in [0.25, 0.3) is 5.69 Å². The van der Waals surface area contributed by atoms with Crippen molar-refractivity contribution < 1.29 is 0 Å². The first-order valence-electron chi connectivity index (χ1n) is 8.58. The molecule has 1 atom stereocenters. The Morgan fingerprint density at radius 3 is 2.79 bits per heavy atom. The molecule has 28 heavy (non-hydrogen) atoms. The van der Waals surface area contributed by atoms with Crippen LogP contribution in [0.15, 0.2) is 42.9 Å². The number of hydrogen-bond donors (Lipinski definition) is 1. The van der Waals surface area contributed by atoms with Gasteiger partial charge in [0.05, 0.1) is 24.1 Å². The molecule has 0 saturated carbocycles. The maximum atomic E-state index is 6.28. The van der Waals surface area contributed by atoms with E-state index in [1.165, 1.54) is 0 Å². The third-order valence-electron chi connectivity index (χ3n) is 4.44. The molecule has 144 valence electrons. The minimum absolute atomic E-state index is 0.101. The molecule has 0 aliphatic rings. The van der Waals surface area contributed by atoms with Gasteiger partial charge in [0.2, 0.25) is 0 Å². The Kier molecular flexibility index (Phi) is 5.09. The average Bonchev–Trinajstić information content (AvgIpc) is 3.37. The van der Waals surface area contributed by atoms with Gasteiger partial charge in [-0.3, -0.25) is 19.0 Å². The molecule has 0 aliphatic heterocycles. The highest BCUT2D eigenvalue weighted by molar-refractivity contribution is 7.71. The van der Waals surface area contributed by atoms with Crippen molar-refractivity contribution in [3.63, 3.8) is 0 Å². The average molecular weight is 434 g/mol. The molecule has 0 fully saturated rings. The Morgan fingerprint density at radius 2 is 2.07 bits per heavy atom. The van der Waals surface area contributed by atoms with E-state index in [1.54, 1.807) is 16.9 Å². The summed E-state index contributed by atoms with van der Waals surface area (Å²) in [5.74, 6) is 0.747. The highest BCUT2D eigenvalue weighted by Crippen LogP contribution is 2.23. The van der Waals surface area contributed by atoms with E-state index in [2.05, 4.69) is 20.4 Å². The predicted molar refractivity (Wildman–Crippen MR) is 111 cm³/mol. The molecule has 3 aromatic heterocycles. The second kappa shape index (κ2) is 7.54. The second-order valence-corrected chi connectivity index (χ2v) is 7.70. The Hall–Kier alpha value is -2.42. The van der Waals surface area contributed by atoms with Gasteiger partial charge in [0.25, 0.3) is 0 Å². The Balaban J connectivity index is 1.66. The van der Waals surface area contributed by atoms with Crippen LogP contribution in [0.1, 0.15) is 30.0 Å². The number of aryl methyl sites for hydroxylation is 1. The zero-order valence-electron chi connectivity index (χ0n) is 15.2. The number of aromatic nitrogens is 7. The molecule has 0 saturated heterocycles. The number of rotatable bonds is 5. The topological polar surface area (TPSA) is 69.2 Å². The van der Waals surface area contributed by atoms with Gasteiger partial charge in [0.1, 0.15) is 6.04 Å². The maximum absolute atomic E-state index is 6.28. The second-order valence-electron chi connectivity index (χ2n) is 6.47. The first-order chi connectivity index (χ1) is 13.4. The predicted octanol–water partition coefficient (Wildman–Crippen LogP) is 4.60. The Bertz CT molecular complexity index is 1190. The molecule has 4 aromatic rings. The summed E-state index contributed by atoms with van der Waals surface area (Å²) in [5, 5.41) is 17.4. The van der Waals surface area contributed by atoms with Crippen molar-refractivity contribution in [3.8, 4) is 5.69 Å². The maximum Gasteiger partial charge on any atom is 0.200 e. The fraction of sp³-hybridized carbons (Fsp3) is 0.222. The fourth-order valence-corrected chi connectivity index (χ4v) is 3.70. The minimum Gasteiger partial charge on any atom is -0.267 e. The van der Waals surface area contributed by atoms with E-state index >= 15 is 0 Å². The van der Waals surface area contributed by atoms with Crippen molar-refractivity contribution in [3.05, 3.63) is 74.8 Å². The number of hydrogen-bond acceptors (Lipinski definition) is 4. The lowest BCUT2D eigenvalue weighted by Crippen LogP contribution is -2.13. The van der Waals surface area contributed by atoms with E-state index in [-0.39, 0.29) is 6.04 Å². The standard InChI is InChI=1S/C18H17Cl2N7S/c1-11-5-6-26(24-11)12(2)17-22-23-18(28)27(17)15-8-21-25(10-15)9-13-3-4-14(19)7-16(13)20/h3-8,10,12H,9H2,1-2H3,(H,23,28)/t12-/m0/s1. The van der Waals surface area contributed by atoms with Crippen LogP contribution in [0.2, 0.25) is 10.0 Å². The molecule has 4 rings (SSSR count). The number of aromatic amines is 1. The lowest BCUT2D eigenvalue weighted by Gasteiger charge is -2.12. The van der Waals surface area contributed by atoms with E-state index in [1.807, 2.05) is 53.7 Å². The van der Waals surface area contributed by atoms with Gasteiger partial charge in [-0.25, -0.2) is 0 Å². The van der Waals surface area contributed by atoms with Crippen molar-refractivity contribution in [2.75, 3.05) is 0 Å². The summed E-state index contributed by atoms with van der Waals surface area (Å²) in [5.41, 5.74) is 2.69. The molecule has 1 aromatic carbocycles. The van der Waals surface area contributed by atoms with Crippen LogP contribution in [0.3, 0.4) is 0 Å². The third-order valence-corrected chi connectivity index (χ3v) is 5.30. The number of nitrogens with zero attached hydrogens (tertiary/aromatic N) is 6. The molecular formula is C18H17Cl2N7S. The van der Waals surface area contributed by atoms with Gasteiger partial charge in [-0.1, -0.05) is 29.3 Å². The summed E-state index contributed by atoms with van der Waals surface area (Å²) in [6.45, 7) is 4.49. The number of nitrogens with one attached hydrogen (secondary N) is 1. The zero-order valence-corrected chi connectivity index (χ0v) is 17.5. The van der Waals surface area contributed by atoms with Crippen molar-refractivity contribution in [1.29, 1.82) is 0 Å². The highest BCUT2D eigenvalue weighted by Gasteiger charge is 2.19. The molecule has 0 bridgehead atoms. The van der Waals surface area contributed by atoms with Gasteiger partial charge >= 0.3 is 0 Å². The molecule has 0 amide bonds. The van der Waals surface area contributed by atoms with Crippen molar-refractivity contribution in [2.45, 2.75) is 26.4 Å². The molecule has 1 N–H and O–H groups in total. The quantitative estimate of drug-likeness (QED) is 0.467. The SMILES string of the molecule is Cc1ccn([C@@H](C)c2n[nH]c(=S)n2-c2cnn(Cc3ccc(Cl)cc3Cl)c2)n1. The smallest absolute Gasteiger partial charge is 0.200 e. The summed E-state index contributed by atoms with van der Waals surface area (Å²) >= 11 is 17.7. The van der Waals surface area contributed by atoms with Gasteiger partial charge in [-0.15, -0.1) is 0 Å². The van der Waals surface area contributed by atoms with Gasteiger partial charge in [-0.2, -0.15) is 15.3 Å². The van der Waals surface area contributed by atoms with E-state index in [0.717, 1.165) is 22.8 Å². The van der Waals surface area contributed by atoms with Crippen LogP contribution in [0.4, 0.5) is 0 Å². The highest BCUT2D eigenvalue weighted by atomic mass is 35.5. The summed E-state index contributed by atoms with van der Waals surface area (Å²) in [6.07, 6.45) is 5.58. The Morgan fingerprint density at radius 1 is 1.25 bits per heavy atom. The van der Waals surface area contributed by atoms with Gasteiger partial charge in [0.15, 0.2) is 10.6 Å². The van der Waals surface area contributed by atoms with Crippen LogP contribution in [0.5, 0.6) is 0 Å². The van der Waals surface area contributed by atoms with E-state index in [4.69, 9.17) is 35.4 Å². The number of halogens is 2. The first kappa shape index (κ1) is 18.9. The van der Waals surface area contributed by atoms with Crippen LogP contribution in [-0.2, 0) is 6.54 Å². The zero-order chi connectivity index (χ0) is 19.8. The van der Waals surface area contributed by atoms with Crippen LogP contribution in [-0.4, -0.2) is 34.3 Å². The number of H-pyrrole nitrogens is 1. The van der Waals surface area contributed by atoms with Crippen molar-refractivity contribution in [1.82, 2.24) is 34.3 Å². The van der Waals surface area contributed by atoms with Gasteiger partial charge < -0.3 is 0 Å². The lowest BCUT2D eigenvalue weighted by atomic mass is 10.2. The molecule has 0 unspecified atom stereocenters.